The highest BCUT2D eigenvalue weighted by Gasteiger charge is 2.07. The van der Waals surface area contributed by atoms with E-state index < -0.39 is 0 Å². The van der Waals surface area contributed by atoms with E-state index in [4.69, 9.17) is 10.5 Å². The molecule has 1 aromatic rings. The van der Waals surface area contributed by atoms with E-state index in [0.29, 0.717) is 16.8 Å². The first kappa shape index (κ1) is 11.8. The molecule has 0 amide bonds. The van der Waals surface area contributed by atoms with Gasteiger partial charge in [-0.25, -0.2) is 4.79 Å². The summed E-state index contributed by atoms with van der Waals surface area (Å²) in [5.41, 5.74) is 7.11. The molecule has 0 saturated heterocycles. The second-order valence-corrected chi connectivity index (χ2v) is 3.88. The van der Waals surface area contributed by atoms with Crippen LogP contribution in [0.1, 0.15) is 12.6 Å². The number of anilines is 1. The van der Waals surface area contributed by atoms with Gasteiger partial charge in [0.05, 0.1) is 6.61 Å². The fraction of sp³-hybridized carbons (Fsp3) is 0.300. The maximum Gasteiger partial charge on any atom is 0.345 e. The molecule has 0 aromatic carbocycles. The van der Waals surface area contributed by atoms with Gasteiger partial charge in [0.15, 0.2) is 0 Å². The molecule has 0 spiro atoms. The van der Waals surface area contributed by atoms with Crippen LogP contribution in [-0.4, -0.2) is 17.1 Å². The average Bonchev–Trinajstić information content (AvgIpc) is 2.45. The molecule has 0 aliphatic rings. The quantitative estimate of drug-likeness (QED) is 0.676. The molecule has 0 fully saturated rings. The Kier molecular flexibility index (Phi) is 3.96. The number of halogens is 1. The first-order valence-corrected chi connectivity index (χ1v) is 5.30. The molecule has 0 radical (unpaired) electrons. The molecule has 0 unspecified atom stereocenters. The van der Waals surface area contributed by atoms with Crippen LogP contribution < -0.4 is 5.73 Å². The molecular formula is C10H13BrN2O2. The van der Waals surface area contributed by atoms with E-state index in [2.05, 4.69) is 15.9 Å². The minimum absolute atomic E-state index is 0.358. The highest BCUT2D eigenvalue weighted by molar-refractivity contribution is 9.12. The van der Waals surface area contributed by atoms with Crippen molar-refractivity contribution in [1.82, 2.24) is 4.57 Å². The summed E-state index contributed by atoms with van der Waals surface area (Å²) in [7, 11) is 1.85. The molecule has 2 N–H and O–H groups in total. The minimum atomic E-state index is -0.378. The summed E-state index contributed by atoms with van der Waals surface area (Å²) < 4.78 is 7.04. The second kappa shape index (κ2) is 5.02. The SMILES string of the molecule is CCOC(=O)/C(Br)=C/c1cc(N)cn1C. The fourth-order valence-electron chi connectivity index (χ4n) is 1.14. The van der Waals surface area contributed by atoms with E-state index in [1.54, 1.807) is 25.3 Å². The Morgan fingerprint density at radius 3 is 2.87 bits per heavy atom. The van der Waals surface area contributed by atoms with Crippen LogP contribution in [0.3, 0.4) is 0 Å². The van der Waals surface area contributed by atoms with E-state index in [1.165, 1.54) is 0 Å². The lowest BCUT2D eigenvalue weighted by Crippen LogP contribution is -2.03. The maximum absolute atomic E-state index is 11.3. The van der Waals surface area contributed by atoms with Crippen LogP contribution in [0, 0.1) is 0 Å². The van der Waals surface area contributed by atoms with Crippen LogP contribution in [-0.2, 0) is 16.6 Å². The smallest absolute Gasteiger partial charge is 0.345 e. The van der Waals surface area contributed by atoms with E-state index >= 15 is 0 Å². The van der Waals surface area contributed by atoms with Crippen LogP contribution in [0.5, 0.6) is 0 Å². The van der Waals surface area contributed by atoms with Crippen molar-refractivity contribution in [2.45, 2.75) is 6.92 Å². The van der Waals surface area contributed by atoms with Crippen molar-refractivity contribution in [1.29, 1.82) is 0 Å². The van der Waals surface area contributed by atoms with Crippen molar-refractivity contribution in [3.05, 3.63) is 22.4 Å². The lowest BCUT2D eigenvalue weighted by molar-refractivity contribution is -0.137. The number of nitrogens with zero attached hydrogens (tertiary/aromatic N) is 1. The first-order chi connectivity index (χ1) is 7.04. The van der Waals surface area contributed by atoms with Gasteiger partial charge in [0, 0.05) is 24.6 Å². The van der Waals surface area contributed by atoms with Crippen molar-refractivity contribution >= 4 is 33.7 Å². The Balaban J connectivity index is 2.87. The monoisotopic (exact) mass is 272 g/mol. The van der Waals surface area contributed by atoms with Gasteiger partial charge in [0.2, 0.25) is 0 Å². The molecule has 0 aliphatic carbocycles. The fourth-order valence-corrected chi connectivity index (χ4v) is 1.49. The molecule has 15 heavy (non-hydrogen) atoms. The highest BCUT2D eigenvalue weighted by Crippen LogP contribution is 2.16. The number of nitrogen functional groups attached to an aromatic ring is 1. The predicted molar refractivity (Wildman–Crippen MR) is 63.4 cm³/mol. The number of rotatable bonds is 3. The molecule has 1 aromatic heterocycles. The summed E-state index contributed by atoms with van der Waals surface area (Å²) in [6, 6.07) is 1.78. The van der Waals surface area contributed by atoms with E-state index in [-0.39, 0.29) is 5.97 Å². The van der Waals surface area contributed by atoms with Gasteiger partial charge in [-0.2, -0.15) is 0 Å². The Bertz CT molecular complexity index is 396. The topological polar surface area (TPSA) is 57.2 Å². The van der Waals surface area contributed by atoms with Crippen molar-refractivity contribution < 1.29 is 9.53 Å². The number of aryl methyl sites for hydroxylation is 1. The summed E-state index contributed by atoms with van der Waals surface area (Å²) in [5, 5.41) is 0. The van der Waals surface area contributed by atoms with Crippen LogP contribution in [0.25, 0.3) is 6.08 Å². The van der Waals surface area contributed by atoms with E-state index in [0.717, 1.165) is 5.69 Å². The van der Waals surface area contributed by atoms with Crippen LogP contribution in [0.4, 0.5) is 5.69 Å². The molecule has 0 saturated carbocycles. The number of ether oxygens (including phenoxy) is 1. The Labute approximate surface area is 96.8 Å². The normalized spacial score (nSPS) is 11.5. The van der Waals surface area contributed by atoms with Gasteiger partial charge in [-0.1, -0.05) is 0 Å². The largest absolute Gasteiger partial charge is 0.462 e. The van der Waals surface area contributed by atoms with Gasteiger partial charge in [0.25, 0.3) is 0 Å². The number of nitrogens with two attached hydrogens (primary N) is 1. The summed E-state index contributed by atoms with van der Waals surface area (Å²) in [6.07, 6.45) is 3.45. The molecule has 0 atom stereocenters. The number of aromatic nitrogens is 1. The van der Waals surface area contributed by atoms with Gasteiger partial charge in [0.1, 0.15) is 4.48 Å². The lowest BCUT2D eigenvalue weighted by atomic mass is 10.3. The van der Waals surface area contributed by atoms with Crippen molar-refractivity contribution in [3.8, 4) is 0 Å². The zero-order valence-electron chi connectivity index (χ0n) is 8.66. The summed E-state index contributed by atoms with van der Waals surface area (Å²) in [6.45, 7) is 2.12. The minimum Gasteiger partial charge on any atom is -0.462 e. The first-order valence-electron chi connectivity index (χ1n) is 4.50. The van der Waals surface area contributed by atoms with Gasteiger partial charge < -0.3 is 15.0 Å². The van der Waals surface area contributed by atoms with Gasteiger partial charge >= 0.3 is 5.97 Å². The second-order valence-electron chi connectivity index (χ2n) is 3.02. The molecule has 1 rings (SSSR count). The third-order valence-electron chi connectivity index (χ3n) is 1.81. The average molecular weight is 273 g/mol. The van der Waals surface area contributed by atoms with Crippen molar-refractivity contribution in [3.63, 3.8) is 0 Å². The molecule has 5 heteroatoms. The molecule has 0 bridgehead atoms. The third-order valence-corrected chi connectivity index (χ3v) is 2.36. The lowest BCUT2D eigenvalue weighted by Gasteiger charge is -2.00. The number of carbonyl (C=O) groups is 1. The Morgan fingerprint density at radius 1 is 1.73 bits per heavy atom. The zero-order valence-corrected chi connectivity index (χ0v) is 10.2. The van der Waals surface area contributed by atoms with Crippen LogP contribution >= 0.6 is 15.9 Å². The molecule has 82 valence electrons. The van der Waals surface area contributed by atoms with Crippen LogP contribution in [0.2, 0.25) is 0 Å². The number of hydrogen-bond donors (Lipinski definition) is 1. The standard InChI is InChI=1S/C10H13BrN2O2/c1-3-15-10(14)9(11)5-8-4-7(12)6-13(8)2/h4-6H,3,12H2,1-2H3/b9-5-. The zero-order chi connectivity index (χ0) is 11.4. The Hall–Kier alpha value is -1.23. The van der Waals surface area contributed by atoms with Crippen molar-refractivity contribution in [2.24, 2.45) is 7.05 Å². The summed E-state index contributed by atoms with van der Waals surface area (Å²) >= 11 is 3.16. The molecule has 1 heterocycles. The molecular weight excluding hydrogens is 260 g/mol. The highest BCUT2D eigenvalue weighted by atomic mass is 79.9. The predicted octanol–water partition coefficient (Wildman–Crippen LogP) is 1.91. The summed E-state index contributed by atoms with van der Waals surface area (Å²) in [4.78, 5) is 11.3. The summed E-state index contributed by atoms with van der Waals surface area (Å²) in [5.74, 6) is -0.378. The Morgan fingerprint density at radius 2 is 2.40 bits per heavy atom. The van der Waals surface area contributed by atoms with Crippen molar-refractivity contribution in [2.75, 3.05) is 12.3 Å². The number of esters is 1. The van der Waals surface area contributed by atoms with Gasteiger partial charge in [-0.05, 0) is 35.0 Å². The number of hydrogen-bond acceptors (Lipinski definition) is 3. The molecule has 4 nitrogen and oxygen atoms in total. The maximum atomic E-state index is 11.3. The molecule has 0 aliphatic heterocycles. The van der Waals surface area contributed by atoms with Gasteiger partial charge in [-0.15, -0.1) is 0 Å². The number of carbonyl (C=O) groups excluding carboxylic acids is 1. The van der Waals surface area contributed by atoms with Gasteiger partial charge in [-0.3, -0.25) is 0 Å². The van der Waals surface area contributed by atoms with E-state index in [1.807, 2.05) is 11.6 Å². The third kappa shape index (κ3) is 3.13. The van der Waals surface area contributed by atoms with E-state index in [9.17, 15) is 4.79 Å². The van der Waals surface area contributed by atoms with Crippen LogP contribution in [0.15, 0.2) is 16.7 Å².